The first-order valence-electron chi connectivity index (χ1n) is 4.59. The normalized spacial score (nSPS) is 8.13. The van der Waals surface area contributed by atoms with E-state index in [0.29, 0.717) is 0 Å². The zero-order chi connectivity index (χ0) is 10.2. The van der Waals surface area contributed by atoms with Crippen LogP contribution in [0.1, 0.15) is 0 Å². The summed E-state index contributed by atoms with van der Waals surface area (Å²) in [7, 11) is 4.00. The number of pyridine rings is 2. The van der Waals surface area contributed by atoms with E-state index in [-0.39, 0.29) is 16.8 Å². The summed E-state index contributed by atoms with van der Waals surface area (Å²) in [5.41, 5.74) is 0. The summed E-state index contributed by atoms with van der Waals surface area (Å²) in [4.78, 5) is 0. The monoisotopic (exact) mass is 247 g/mol. The topological polar surface area (TPSA) is 7.76 Å². The average molecular weight is 247 g/mol. The van der Waals surface area contributed by atoms with Gasteiger partial charge in [0, 0.05) is 41.0 Å². The Morgan fingerprint density at radius 2 is 0.800 bits per heavy atom. The molecule has 0 N–H and O–H groups in total. The Hall–Kier alpha value is -1.19. The van der Waals surface area contributed by atoms with E-state index in [1.54, 1.807) is 0 Å². The number of nitrogens with zero attached hydrogens (tertiary/aromatic N) is 2. The van der Waals surface area contributed by atoms with Crippen LogP contribution < -0.4 is 9.13 Å². The van der Waals surface area contributed by atoms with Crippen LogP contribution in [0.3, 0.4) is 0 Å². The summed E-state index contributed by atoms with van der Waals surface area (Å²) in [6.45, 7) is 0. The molecule has 0 unspecified atom stereocenters. The predicted molar refractivity (Wildman–Crippen MR) is 55.2 cm³/mol. The number of aromatic nitrogens is 2. The van der Waals surface area contributed by atoms with Gasteiger partial charge in [-0.05, 0) is 0 Å². The van der Waals surface area contributed by atoms with Crippen molar-refractivity contribution in [3.8, 4) is 0 Å². The van der Waals surface area contributed by atoms with Crippen molar-refractivity contribution in [1.82, 2.24) is 0 Å². The molecule has 2 nitrogen and oxygen atoms in total. The van der Waals surface area contributed by atoms with Crippen molar-refractivity contribution < 1.29 is 25.9 Å². The fourth-order valence-corrected chi connectivity index (χ4v) is 0.969. The first-order valence-corrected chi connectivity index (χ1v) is 4.59. The van der Waals surface area contributed by atoms with Gasteiger partial charge in [0.1, 0.15) is 14.1 Å². The molecule has 3 heteroatoms. The molecule has 2 heterocycles. The van der Waals surface area contributed by atoms with Crippen LogP contribution in [0.2, 0.25) is 0 Å². The van der Waals surface area contributed by atoms with Crippen molar-refractivity contribution in [2.75, 3.05) is 0 Å². The molecule has 0 bridgehead atoms. The van der Waals surface area contributed by atoms with E-state index < -0.39 is 0 Å². The minimum Gasteiger partial charge on any atom is -0.208 e. The van der Waals surface area contributed by atoms with E-state index in [4.69, 9.17) is 0 Å². The Morgan fingerprint density at radius 1 is 0.533 bits per heavy atom. The zero-order valence-corrected chi connectivity index (χ0v) is 10.0. The number of hydrogen-bond donors (Lipinski definition) is 0. The maximum absolute atomic E-state index is 2.00. The predicted octanol–water partition coefficient (Wildman–Crippen LogP) is 1.02. The van der Waals surface area contributed by atoms with Gasteiger partial charge in [-0.15, -0.1) is 0 Å². The van der Waals surface area contributed by atoms with Gasteiger partial charge in [-0.3, -0.25) is 0 Å². The van der Waals surface area contributed by atoms with Gasteiger partial charge in [-0.1, -0.05) is 12.1 Å². The van der Waals surface area contributed by atoms with Gasteiger partial charge < -0.3 is 0 Å². The third-order valence-electron chi connectivity index (χ3n) is 1.73. The van der Waals surface area contributed by atoms with E-state index >= 15 is 0 Å². The van der Waals surface area contributed by atoms with Crippen LogP contribution in [-0.2, 0) is 30.9 Å². The summed E-state index contributed by atoms with van der Waals surface area (Å²) in [6.07, 6.45) is 8.00. The second-order valence-corrected chi connectivity index (χ2v) is 3.08. The number of rotatable bonds is 0. The quantitative estimate of drug-likeness (QED) is 0.614. The molecule has 0 aromatic carbocycles. The average Bonchev–Trinajstić information content (AvgIpc) is 2.21. The molecule has 0 fully saturated rings. The molecule has 0 aliphatic heterocycles. The largest absolute Gasteiger partial charge is 0.208 e. The van der Waals surface area contributed by atoms with Crippen molar-refractivity contribution in [3.63, 3.8) is 0 Å². The van der Waals surface area contributed by atoms with Crippen LogP contribution >= 0.6 is 0 Å². The van der Waals surface area contributed by atoms with E-state index in [0.717, 1.165) is 0 Å². The summed E-state index contributed by atoms with van der Waals surface area (Å²) < 4.78 is 4.00. The van der Waals surface area contributed by atoms with E-state index in [1.165, 1.54) is 0 Å². The Balaban J connectivity index is 0.000000245. The second kappa shape index (κ2) is 8.14. The summed E-state index contributed by atoms with van der Waals surface area (Å²) in [5.74, 6) is 0. The minimum absolute atomic E-state index is 0. The SMILES string of the molecule is C[n+]1ccccc1.C[n+]1ccccc1.[Co]. The van der Waals surface area contributed by atoms with Crippen molar-refractivity contribution in [2.45, 2.75) is 0 Å². The summed E-state index contributed by atoms with van der Waals surface area (Å²) >= 11 is 0. The molecular formula is C12H16CoN2+2. The van der Waals surface area contributed by atoms with Gasteiger partial charge in [-0.2, -0.15) is 0 Å². The Bertz CT molecular complexity index is 311. The molecule has 81 valence electrons. The van der Waals surface area contributed by atoms with Crippen molar-refractivity contribution >= 4 is 0 Å². The number of aryl methyl sites for hydroxylation is 2. The maximum Gasteiger partial charge on any atom is 0.168 e. The maximum atomic E-state index is 2.00. The summed E-state index contributed by atoms with van der Waals surface area (Å²) in [6, 6.07) is 12.0. The van der Waals surface area contributed by atoms with Crippen LogP contribution in [0.25, 0.3) is 0 Å². The molecule has 0 spiro atoms. The van der Waals surface area contributed by atoms with Gasteiger partial charge in [0.05, 0.1) is 0 Å². The molecule has 0 aliphatic carbocycles. The molecule has 2 aromatic heterocycles. The van der Waals surface area contributed by atoms with Crippen LogP contribution in [0, 0.1) is 0 Å². The van der Waals surface area contributed by atoms with Crippen LogP contribution in [0.4, 0.5) is 0 Å². The molecule has 1 radical (unpaired) electrons. The van der Waals surface area contributed by atoms with E-state index in [1.807, 2.05) is 84.4 Å². The first kappa shape index (κ1) is 13.8. The minimum atomic E-state index is 0. The molecule has 0 saturated heterocycles. The van der Waals surface area contributed by atoms with Gasteiger partial charge in [0.15, 0.2) is 24.8 Å². The molecule has 2 rings (SSSR count). The van der Waals surface area contributed by atoms with Gasteiger partial charge in [0.25, 0.3) is 0 Å². The zero-order valence-electron chi connectivity index (χ0n) is 9.00. The number of hydrogen-bond acceptors (Lipinski definition) is 0. The van der Waals surface area contributed by atoms with Gasteiger partial charge >= 0.3 is 0 Å². The third-order valence-corrected chi connectivity index (χ3v) is 1.73. The molecule has 0 aliphatic rings. The molecule has 2 aromatic rings. The van der Waals surface area contributed by atoms with Crippen molar-refractivity contribution in [3.05, 3.63) is 61.2 Å². The summed E-state index contributed by atoms with van der Waals surface area (Å²) in [5, 5.41) is 0. The molecule has 0 amide bonds. The fourth-order valence-electron chi connectivity index (χ4n) is 0.969. The third kappa shape index (κ3) is 6.82. The Kier molecular flexibility index (Phi) is 7.49. The van der Waals surface area contributed by atoms with Crippen LogP contribution in [0.15, 0.2) is 61.2 Å². The molecule has 15 heavy (non-hydrogen) atoms. The Labute approximate surface area is 101 Å². The molecular weight excluding hydrogens is 231 g/mol. The standard InChI is InChI=1S/2C6H8N.Co/c2*1-7-5-3-2-4-6-7;/h2*2-6H,1H3;/q2*+1;. The first-order chi connectivity index (χ1) is 6.79. The van der Waals surface area contributed by atoms with Gasteiger partial charge in [-0.25, -0.2) is 9.13 Å². The smallest absolute Gasteiger partial charge is 0.168 e. The van der Waals surface area contributed by atoms with E-state index in [2.05, 4.69) is 0 Å². The van der Waals surface area contributed by atoms with E-state index in [9.17, 15) is 0 Å². The fraction of sp³-hybridized carbons (Fsp3) is 0.167. The van der Waals surface area contributed by atoms with Crippen LogP contribution in [-0.4, -0.2) is 0 Å². The van der Waals surface area contributed by atoms with Crippen molar-refractivity contribution in [2.24, 2.45) is 14.1 Å². The molecule has 0 saturated carbocycles. The second-order valence-electron chi connectivity index (χ2n) is 3.08. The van der Waals surface area contributed by atoms with Crippen LogP contribution in [0.5, 0.6) is 0 Å². The van der Waals surface area contributed by atoms with Crippen molar-refractivity contribution in [1.29, 1.82) is 0 Å². The Morgan fingerprint density at radius 3 is 0.933 bits per heavy atom. The van der Waals surface area contributed by atoms with Gasteiger partial charge in [0.2, 0.25) is 0 Å². The molecule has 0 atom stereocenters.